The maximum atomic E-state index is 12.7. The number of nitrogens with one attached hydrogen (secondary N) is 1. The summed E-state index contributed by atoms with van der Waals surface area (Å²) in [6, 6.07) is 10.9. The predicted molar refractivity (Wildman–Crippen MR) is 114 cm³/mol. The third kappa shape index (κ3) is 2.67. The molecular formula is C21H13ClN2O6S. The summed E-state index contributed by atoms with van der Waals surface area (Å²) in [6.45, 7) is 0. The van der Waals surface area contributed by atoms with Crippen molar-refractivity contribution in [2.75, 3.05) is 0 Å². The van der Waals surface area contributed by atoms with Gasteiger partial charge < -0.3 is 9.67 Å². The van der Waals surface area contributed by atoms with Gasteiger partial charge in [0.2, 0.25) is 0 Å². The van der Waals surface area contributed by atoms with Crippen LogP contribution >= 0.6 is 11.6 Å². The molecule has 0 unspecified atom stereocenters. The Morgan fingerprint density at radius 1 is 0.968 bits per heavy atom. The Bertz CT molecular complexity index is 1600. The maximum absolute atomic E-state index is 12.7. The molecule has 4 aromatic rings. The van der Waals surface area contributed by atoms with E-state index in [-0.39, 0.29) is 11.1 Å². The number of hydrogen-bond acceptors (Lipinski definition) is 5. The van der Waals surface area contributed by atoms with Crippen LogP contribution in [0.1, 0.15) is 20.7 Å². The second-order valence-electron chi connectivity index (χ2n) is 7.20. The molecule has 10 heteroatoms. The monoisotopic (exact) mass is 456 g/mol. The van der Waals surface area contributed by atoms with Crippen LogP contribution in [0, 0.1) is 0 Å². The number of aromatic nitrogens is 1. The fourth-order valence-corrected chi connectivity index (χ4v) is 4.98. The van der Waals surface area contributed by atoms with Crippen molar-refractivity contribution in [3.8, 4) is 16.9 Å². The summed E-state index contributed by atoms with van der Waals surface area (Å²) >= 11 is 6.36. The lowest BCUT2D eigenvalue weighted by Crippen LogP contribution is -2.20. The average Bonchev–Trinajstić information content (AvgIpc) is 3.14. The van der Waals surface area contributed by atoms with Crippen LogP contribution in [-0.4, -0.2) is 34.5 Å². The first-order valence-electron chi connectivity index (χ1n) is 8.99. The molecule has 156 valence electrons. The predicted octanol–water partition coefficient (Wildman–Crippen LogP) is 3.49. The molecule has 3 N–H and O–H groups in total. The van der Waals surface area contributed by atoms with E-state index in [1.807, 2.05) is 0 Å². The van der Waals surface area contributed by atoms with E-state index in [1.54, 1.807) is 41.9 Å². The highest BCUT2D eigenvalue weighted by atomic mass is 35.5. The minimum atomic E-state index is -4.68. The standard InChI is InChI=1S/C21H13ClN2O6S/c1-24-13-8-16(31(28,29)30)15(25)7-11(13)17-14(24)6-10(9-4-2-3-5-12(9)22)18-19(17)21(27)23-20(18)26/h2-8,25H,1H3,(H,23,26,27)(H,28,29,30). The summed E-state index contributed by atoms with van der Waals surface area (Å²) in [5, 5.41) is 13.6. The van der Waals surface area contributed by atoms with Crippen LogP contribution in [0.5, 0.6) is 5.75 Å². The molecule has 5 rings (SSSR count). The molecule has 1 aliphatic rings. The lowest BCUT2D eigenvalue weighted by atomic mass is 9.93. The van der Waals surface area contributed by atoms with Crippen molar-refractivity contribution < 1.29 is 27.7 Å². The number of rotatable bonds is 2. The Kier molecular flexibility index (Phi) is 3.97. The number of amides is 2. The number of phenols is 1. The van der Waals surface area contributed by atoms with Gasteiger partial charge in [0.15, 0.2) is 0 Å². The topological polar surface area (TPSA) is 126 Å². The van der Waals surface area contributed by atoms with Crippen LogP contribution in [0.2, 0.25) is 5.02 Å². The van der Waals surface area contributed by atoms with Crippen LogP contribution in [0.15, 0.2) is 47.4 Å². The van der Waals surface area contributed by atoms with Gasteiger partial charge in [0.25, 0.3) is 21.9 Å². The number of carbonyl (C=O) groups is 2. The smallest absolute Gasteiger partial charge is 0.298 e. The van der Waals surface area contributed by atoms with Gasteiger partial charge in [-0.05, 0) is 29.8 Å². The fourth-order valence-electron chi connectivity index (χ4n) is 4.16. The van der Waals surface area contributed by atoms with Gasteiger partial charge in [-0.3, -0.25) is 19.5 Å². The first-order chi connectivity index (χ1) is 14.6. The van der Waals surface area contributed by atoms with E-state index in [4.69, 9.17) is 11.6 Å². The highest BCUT2D eigenvalue weighted by Crippen LogP contribution is 2.43. The van der Waals surface area contributed by atoms with E-state index in [2.05, 4.69) is 5.32 Å². The molecule has 0 atom stereocenters. The van der Waals surface area contributed by atoms with E-state index in [9.17, 15) is 27.7 Å². The normalized spacial score (nSPS) is 13.8. The van der Waals surface area contributed by atoms with Crippen molar-refractivity contribution in [2.45, 2.75) is 4.90 Å². The Morgan fingerprint density at radius 2 is 1.65 bits per heavy atom. The minimum Gasteiger partial charge on any atom is -0.506 e. The van der Waals surface area contributed by atoms with E-state index in [0.29, 0.717) is 38.0 Å². The van der Waals surface area contributed by atoms with Gasteiger partial charge in [-0.1, -0.05) is 29.8 Å². The van der Waals surface area contributed by atoms with Gasteiger partial charge in [0.05, 0.1) is 22.2 Å². The van der Waals surface area contributed by atoms with Crippen LogP contribution in [0.25, 0.3) is 32.9 Å². The zero-order valence-corrected chi connectivity index (χ0v) is 17.4. The zero-order chi connectivity index (χ0) is 22.2. The van der Waals surface area contributed by atoms with Crippen LogP contribution in [0.3, 0.4) is 0 Å². The molecule has 31 heavy (non-hydrogen) atoms. The summed E-state index contributed by atoms with van der Waals surface area (Å²) < 4.78 is 34.3. The molecule has 2 amide bonds. The lowest BCUT2D eigenvalue weighted by molar-refractivity contribution is 0.0880. The third-order valence-corrected chi connectivity index (χ3v) is 6.71. The fraction of sp³-hybridized carbons (Fsp3) is 0.0476. The van der Waals surface area contributed by atoms with Crippen molar-refractivity contribution in [1.29, 1.82) is 0 Å². The van der Waals surface area contributed by atoms with E-state index in [0.717, 1.165) is 12.1 Å². The van der Waals surface area contributed by atoms with Gasteiger partial charge in [0.1, 0.15) is 10.6 Å². The molecule has 0 spiro atoms. The second kappa shape index (κ2) is 6.30. The summed E-state index contributed by atoms with van der Waals surface area (Å²) in [7, 11) is -3.04. The average molecular weight is 457 g/mol. The van der Waals surface area contributed by atoms with Gasteiger partial charge in [-0.2, -0.15) is 8.42 Å². The Hall–Kier alpha value is -3.40. The Balaban J connectivity index is 2.01. The molecular weight excluding hydrogens is 444 g/mol. The van der Waals surface area contributed by atoms with E-state index in [1.165, 1.54) is 0 Å². The number of benzene rings is 3. The van der Waals surface area contributed by atoms with Gasteiger partial charge >= 0.3 is 0 Å². The van der Waals surface area contributed by atoms with Crippen molar-refractivity contribution >= 4 is 55.3 Å². The molecule has 0 fully saturated rings. The van der Waals surface area contributed by atoms with Crippen LogP contribution < -0.4 is 5.32 Å². The molecule has 0 saturated heterocycles. The molecule has 1 aliphatic heterocycles. The molecule has 8 nitrogen and oxygen atoms in total. The number of nitrogens with zero attached hydrogens (tertiary/aromatic N) is 1. The maximum Gasteiger partial charge on any atom is 0.298 e. The summed E-state index contributed by atoms with van der Waals surface area (Å²) in [5.74, 6) is -1.85. The number of imide groups is 1. The largest absolute Gasteiger partial charge is 0.506 e. The van der Waals surface area contributed by atoms with E-state index >= 15 is 0 Å². The summed E-state index contributed by atoms with van der Waals surface area (Å²) in [5.41, 5.74) is 2.12. The summed E-state index contributed by atoms with van der Waals surface area (Å²) in [4.78, 5) is 24.8. The molecule has 0 saturated carbocycles. The zero-order valence-electron chi connectivity index (χ0n) is 15.8. The van der Waals surface area contributed by atoms with Crippen molar-refractivity contribution in [3.63, 3.8) is 0 Å². The number of phenolic OH excluding ortho intramolecular Hbond substituents is 1. The molecule has 1 aromatic heterocycles. The molecule has 3 aromatic carbocycles. The number of halogens is 1. The first-order valence-corrected chi connectivity index (χ1v) is 10.8. The number of hydrogen-bond donors (Lipinski definition) is 3. The van der Waals surface area contributed by atoms with Crippen molar-refractivity contribution in [3.05, 3.63) is 58.6 Å². The number of carbonyl (C=O) groups excluding carboxylic acids is 2. The molecule has 0 bridgehead atoms. The molecule has 2 heterocycles. The van der Waals surface area contributed by atoms with Gasteiger partial charge in [0, 0.05) is 28.4 Å². The molecule has 0 radical (unpaired) electrons. The molecule has 0 aliphatic carbocycles. The SMILES string of the molecule is Cn1c2cc(S(=O)(=O)O)c(O)cc2c2c3c(c(-c4ccccc4Cl)cc21)C(=O)NC3=O. The van der Waals surface area contributed by atoms with E-state index < -0.39 is 32.6 Å². The Labute approximate surface area is 180 Å². The quantitative estimate of drug-likeness (QED) is 0.313. The van der Waals surface area contributed by atoms with Crippen LogP contribution in [0.4, 0.5) is 0 Å². The summed E-state index contributed by atoms with van der Waals surface area (Å²) in [6.07, 6.45) is 0. The number of fused-ring (bicyclic) bond motifs is 5. The number of aromatic hydroxyl groups is 1. The van der Waals surface area contributed by atoms with Crippen molar-refractivity contribution in [1.82, 2.24) is 9.88 Å². The van der Waals surface area contributed by atoms with Crippen molar-refractivity contribution in [2.24, 2.45) is 7.05 Å². The minimum absolute atomic E-state index is 0.113. The number of aryl methyl sites for hydroxylation is 1. The third-order valence-electron chi connectivity index (χ3n) is 5.50. The lowest BCUT2D eigenvalue weighted by Gasteiger charge is -2.10. The highest BCUT2D eigenvalue weighted by Gasteiger charge is 2.35. The van der Waals surface area contributed by atoms with Gasteiger partial charge in [-0.25, -0.2) is 0 Å². The Morgan fingerprint density at radius 3 is 2.32 bits per heavy atom. The van der Waals surface area contributed by atoms with Gasteiger partial charge in [-0.15, -0.1) is 0 Å². The second-order valence-corrected chi connectivity index (χ2v) is 9.00. The highest BCUT2D eigenvalue weighted by molar-refractivity contribution is 7.86. The first kappa shape index (κ1) is 19.6. The van der Waals surface area contributed by atoms with Crippen LogP contribution in [-0.2, 0) is 17.2 Å².